The molecular weight excluding hydrogens is 342 g/mol. The van der Waals surface area contributed by atoms with Crippen LogP contribution in [0.5, 0.6) is 0 Å². The number of nitrogens with zero attached hydrogens (tertiary/aromatic N) is 1. The number of urea groups is 1. The van der Waals surface area contributed by atoms with Crippen molar-refractivity contribution in [3.8, 4) is 0 Å². The van der Waals surface area contributed by atoms with E-state index < -0.39 is 0 Å². The number of amides is 3. The minimum absolute atomic E-state index is 0.0970. The highest BCUT2D eigenvalue weighted by atomic mass is 16.5. The second kappa shape index (κ2) is 8.22. The second-order valence-corrected chi connectivity index (χ2v) is 7.00. The van der Waals surface area contributed by atoms with Gasteiger partial charge in [0.15, 0.2) is 0 Å². The SMILES string of the molecule is Cc1cc(NC(=O)NCc2ccc3c(c2)CCOC3)cc(C(=O)N(C)C)c1. The van der Waals surface area contributed by atoms with E-state index in [9.17, 15) is 9.59 Å². The monoisotopic (exact) mass is 367 g/mol. The summed E-state index contributed by atoms with van der Waals surface area (Å²) in [5.41, 5.74) is 5.61. The van der Waals surface area contributed by atoms with Gasteiger partial charge in [-0.3, -0.25) is 4.79 Å². The molecule has 0 fully saturated rings. The summed E-state index contributed by atoms with van der Waals surface area (Å²) in [7, 11) is 3.41. The summed E-state index contributed by atoms with van der Waals surface area (Å²) < 4.78 is 5.44. The van der Waals surface area contributed by atoms with Crippen LogP contribution in [0, 0.1) is 6.92 Å². The van der Waals surface area contributed by atoms with E-state index in [-0.39, 0.29) is 11.9 Å². The highest BCUT2D eigenvalue weighted by Gasteiger charge is 2.12. The maximum Gasteiger partial charge on any atom is 0.319 e. The summed E-state index contributed by atoms with van der Waals surface area (Å²) in [6.07, 6.45) is 0.904. The van der Waals surface area contributed by atoms with Crippen LogP contribution in [0.3, 0.4) is 0 Å². The summed E-state index contributed by atoms with van der Waals surface area (Å²) >= 11 is 0. The number of rotatable bonds is 4. The van der Waals surface area contributed by atoms with Gasteiger partial charge in [-0.15, -0.1) is 0 Å². The van der Waals surface area contributed by atoms with E-state index in [2.05, 4.69) is 22.8 Å². The maximum absolute atomic E-state index is 12.3. The number of ether oxygens (including phenoxy) is 1. The predicted octanol–water partition coefficient (Wildman–Crippen LogP) is 3.09. The van der Waals surface area contributed by atoms with Crippen molar-refractivity contribution in [2.45, 2.75) is 26.5 Å². The largest absolute Gasteiger partial charge is 0.376 e. The molecule has 3 rings (SSSR count). The Labute approximate surface area is 159 Å². The van der Waals surface area contributed by atoms with Crippen molar-refractivity contribution >= 4 is 17.6 Å². The lowest BCUT2D eigenvalue weighted by molar-refractivity contribution is 0.0827. The molecule has 27 heavy (non-hydrogen) atoms. The van der Waals surface area contributed by atoms with E-state index in [1.54, 1.807) is 20.2 Å². The lowest BCUT2D eigenvalue weighted by Gasteiger charge is -2.17. The van der Waals surface area contributed by atoms with Gasteiger partial charge in [0.05, 0.1) is 13.2 Å². The minimum atomic E-state index is -0.301. The second-order valence-electron chi connectivity index (χ2n) is 7.00. The lowest BCUT2D eigenvalue weighted by atomic mass is 10.0. The third-order valence-electron chi connectivity index (χ3n) is 4.49. The number of carbonyl (C=O) groups is 2. The van der Waals surface area contributed by atoms with Crippen molar-refractivity contribution < 1.29 is 14.3 Å². The number of anilines is 1. The van der Waals surface area contributed by atoms with Gasteiger partial charge in [0.2, 0.25) is 0 Å². The molecule has 6 nitrogen and oxygen atoms in total. The molecule has 2 aromatic carbocycles. The Bertz CT molecular complexity index is 862. The summed E-state index contributed by atoms with van der Waals surface area (Å²) in [5.74, 6) is -0.0970. The number of benzene rings is 2. The number of hydrogen-bond acceptors (Lipinski definition) is 3. The average molecular weight is 367 g/mol. The third kappa shape index (κ3) is 4.86. The first-order valence-corrected chi connectivity index (χ1v) is 8.99. The zero-order chi connectivity index (χ0) is 19.4. The fourth-order valence-electron chi connectivity index (χ4n) is 3.12. The van der Waals surface area contributed by atoms with Gasteiger partial charge >= 0.3 is 6.03 Å². The Balaban J connectivity index is 1.62. The zero-order valence-corrected chi connectivity index (χ0v) is 16.0. The van der Waals surface area contributed by atoms with Crippen molar-refractivity contribution in [1.82, 2.24) is 10.2 Å². The summed E-state index contributed by atoms with van der Waals surface area (Å²) in [4.78, 5) is 25.9. The molecule has 0 saturated carbocycles. The minimum Gasteiger partial charge on any atom is -0.376 e. The quantitative estimate of drug-likeness (QED) is 0.872. The molecule has 0 unspecified atom stereocenters. The Morgan fingerprint density at radius 3 is 2.70 bits per heavy atom. The van der Waals surface area contributed by atoms with Gasteiger partial charge in [-0.05, 0) is 53.8 Å². The zero-order valence-electron chi connectivity index (χ0n) is 16.0. The first-order chi connectivity index (χ1) is 12.9. The van der Waals surface area contributed by atoms with Crippen molar-refractivity contribution in [3.05, 3.63) is 64.2 Å². The average Bonchev–Trinajstić information content (AvgIpc) is 2.65. The Kier molecular flexibility index (Phi) is 5.76. The molecular formula is C21H25N3O3. The van der Waals surface area contributed by atoms with E-state index in [4.69, 9.17) is 4.74 Å². The van der Waals surface area contributed by atoms with Crippen molar-refractivity contribution in [2.24, 2.45) is 0 Å². The van der Waals surface area contributed by atoms with E-state index in [1.807, 2.05) is 25.1 Å². The number of carbonyl (C=O) groups excluding carboxylic acids is 2. The van der Waals surface area contributed by atoms with Crippen molar-refractivity contribution in [2.75, 3.05) is 26.0 Å². The number of aryl methyl sites for hydroxylation is 1. The van der Waals surface area contributed by atoms with Gasteiger partial charge in [0.1, 0.15) is 0 Å². The van der Waals surface area contributed by atoms with Crippen molar-refractivity contribution in [1.29, 1.82) is 0 Å². The Hall–Kier alpha value is -2.86. The number of fused-ring (bicyclic) bond motifs is 1. The van der Waals surface area contributed by atoms with Crippen LogP contribution in [0.25, 0.3) is 0 Å². The molecule has 1 aliphatic rings. The third-order valence-corrected chi connectivity index (χ3v) is 4.49. The topological polar surface area (TPSA) is 70.7 Å². The van der Waals surface area contributed by atoms with Crippen LogP contribution in [0.15, 0.2) is 36.4 Å². The molecule has 2 N–H and O–H groups in total. The van der Waals surface area contributed by atoms with Crippen LogP contribution in [-0.2, 0) is 24.3 Å². The van der Waals surface area contributed by atoms with Crippen LogP contribution in [0.4, 0.5) is 10.5 Å². The lowest BCUT2D eigenvalue weighted by Crippen LogP contribution is -2.28. The first-order valence-electron chi connectivity index (χ1n) is 8.99. The Morgan fingerprint density at radius 2 is 1.93 bits per heavy atom. The van der Waals surface area contributed by atoms with Gasteiger partial charge in [0, 0.05) is 31.9 Å². The molecule has 0 bridgehead atoms. The molecule has 142 valence electrons. The molecule has 1 aliphatic heterocycles. The first kappa shape index (κ1) is 18.9. The van der Waals surface area contributed by atoms with Gasteiger partial charge in [0.25, 0.3) is 5.91 Å². The van der Waals surface area contributed by atoms with E-state index >= 15 is 0 Å². The van der Waals surface area contributed by atoms with Gasteiger partial charge in [-0.2, -0.15) is 0 Å². The molecule has 3 amide bonds. The smallest absolute Gasteiger partial charge is 0.319 e. The molecule has 1 heterocycles. The van der Waals surface area contributed by atoms with Gasteiger partial charge in [-0.25, -0.2) is 4.79 Å². The molecule has 6 heteroatoms. The van der Waals surface area contributed by atoms with Crippen LogP contribution < -0.4 is 10.6 Å². The van der Waals surface area contributed by atoms with Crippen LogP contribution in [0.1, 0.15) is 32.6 Å². The van der Waals surface area contributed by atoms with Crippen LogP contribution in [-0.4, -0.2) is 37.5 Å². The summed E-state index contributed by atoms with van der Waals surface area (Å²) in [6.45, 7) is 3.73. The van der Waals surface area contributed by atoms with Crippen LogP contribution in [0.2, 0.25) is 0 Å². The van der Waals surface area contributed by atoms with Crippen LogP contribution >= 0.6 is 0 Å². The highest BCUT2D eigenvalue weighted by Crippen LogP contribution is 2.19. The van der Waals surface area contributed by atoms with E-state index in [0.29, 0.717) is 24.4 Å². The summed E-state index contributed by atoms with van der Waals surface area (Å²) in [6, 6.07) is 11.2. The van der Waals surface area contributed by atoms with Crippen molar-refractivity contribution in [3.63, 3.8) is 0 Å². The molecule has 0 radical (unpaired) electrons. The van der Waals surface area contributed by atoms with E-state index in [1.165, 1.54) is 16.0 Å². The van der Waals surface area contributed by atoms with Gasteiger partial charge in [-0.1, -0.05) is 18.2 Å². The number of nitrogens with one attached hydrogen (secondary N) is 2. The summed E-state index contributed by atoms with van der Waals surface area (Å²) in [5, 5.41) is 5.68. The molecule has 2 aromatic rings. The Morgan fingerprint density at radius 1 is 1.11 bits per heavy atom. The standard InChI is InChI=1S/C21H25N3O3/c1-14-8-18(20(25)24(2)3)11-19(9-14)23-21(26)22-12-15-4-5-17-13-27-7-6-16(17)10-15/h4-5,8-11H,6-7,12-13H2,1-3H3,(H2,22,23,26). The predicted molar refractivity (Wildman–Crippen MR) is 105 cm³/mol. The van der Waals surface area contributed by atoms with Gasteiger partial charge < -0.3 is 20.3 Å². The molecule has 0 saturated heterocycles. The highest BCUT2D eigenvalue weighted by molar-refractivity contribution is 5.97. The fraction of sp³-hybridized carbons (Fsp3) is 0.333. The number of hydrogen-bond donors (Lipinski definition) is 2. The molecule has 0 aromatic heterocycles. The molecule has 0 spiro atoms. The molecule has 0 atom stereocenters. The molecule has 0 aliphatic carbocycles. The normalized spacial score (nSPS) is 12.9. The maximum atomic E-state index is 12.3. The van der Waals surface area contributed by atoms with E-state index in [0.717, 1.165) is 24.2 Å². The fourth-order valence-corrected chi connectivity index (χ4v) is 3.12.